The maximum absolute atomic E-state index is 11.8. The standard InChI is InChI=1S/C27H24O2/c1-29-26(28)20-12-10-19(11-13-20)16-27(17-23-8-4-5-9-24(23)18-27)25-14-21-6-2-3-7-22(21)15-25/h2-14H,15-18H2,1H3. The summed E-state index contributed by atoms with van der Waals surface area (Å²) in [6.45, 7) is 0. The lowest BCUT2D eigenvalue weighted by atomic mass is 9.72. The van der Waals surface area contributed by atoms with Crippen molar-refractivity contribution in [2.45, 2.75) is 25.7 Å². The van der Waals surface area contributed by atoms with Crippen molar-refractivity contribution in [1.82, 2.24) is 0 Å². The maximum atomic E-state index is 11.8. The van der Waals surface area contributed by atoms with Gasteiger partial charge in [0.05, 0.1) is 12.7 Å². The molecular formula is C27H24O2. The molecule has 0 atom stereocenters. The first-order valence-electron chi connectivity index (χ1n) is 10.2. The van der Waals surface area contributed by atoms with Crippen molar-refractivity contribution in [2.24, 2.45) is 5.41 Å². The van der Waals surface area contributed by atoms with E-state index in [-0.39, 0.29) is 11.4 Å². The van der Waals surface area contributed by atoms with Crippen LogP contribution in [0.4, 0.5) is 0 Å². The number of esters is 1. The van der Waals surface area contributed by atoms with Crippen molar-refractivity contribution >= 4 is 12.0 Å². The first-order chi connectivity index (χ1) is 14.2. The van der Waals surface area contributed by atoms with Crippen LogP contribution in [0.1, 0.15) is 38.2 Å². The van der Waals surface area contributed by atoms with Gasteiger partial charge in [-0.3, -0.25) is 0 Å². The fourth-order valence-corrected chi connectivity index (χ4v) is 5.05. The van der Waals surface area contributed by atoms with E-state index in [2.05, 4.69) is 66.7 Å². The zero-order chi connectivity index (χ0) is 19.8. The molecule has 2 nitrogen and oxygen atoms in total. The molecule has 0 aromatic heterocycles. The summed E-state index contributed by atoms with van der Waals surface area (Å²) >= 11 is 0. The quantitative estimate of drug-likeness (QED) is 0.563. The summed E-state index contributed by atoms with van der Waals surface area (Å²) in [5.74, 6) is -0.284. The summed E-state index contributed by atoms with van der Waals surface area (Å²) in [6.07, 6.45) is 6.57. The van der Waals surface area contributed by atoms with Gasteiger partial charge in [0, 0.05) is 5.41 Å². The van der Waals surface area contributed by atoms with Crippen LogP contribution < -0.4 is 0 Å². The third-order valence-corrected chi connectivity index (χ3v) is 6.54. The first-order valence-corrected chi connectivity index (χ1v) is 10.2. The molecule has 0 aliphatic heterocycles. The van der Waals surface area contributed by atoms with Crippen LogP contribution in [0.3, 0.4) is 0 Å². The second-order valence-electron chi connectivity index (χ2n) is 8.31. The van der Waals surface area contributed by atoms with Crippen molar-refractivity contribution in [3.8, 4) is 0 Å². The van der Waals surface area contributed by atoms with Gasteiger partial charge < -0.3 is 4.74 Å². The molecule has 0 saturated carbocycles. The number of carbonyl (C=O) groups excluding carboxylic acids is 1. The van der Waals surface area contributed by atoms with Crippen LogP contribution in [0, 0.1) is 5.41 Å². The van der Waals surface area contributed by atoms with Crippen LogP contribution in [0.5, 0.6) is 0 Å². The Labute approximate surface area is 171 Å². The molecule has 0 spiro atoms. The molecule has 3 aromatic carbocycles. The lowest BCUT2D eigenvalue weighted by molar-refractivity contribution is 0.0600. The zero-order valence-electron chi connectivity index (χ0n) is 16.7. The highest BCUT2D eigenvalue weighted by atomic mass is 16.5. The smallest absolute Gasteiger partial charge is 0.337 e. The topological polar surface area (TPSA) is 26.3 Å². The summed E-state index contributed by atoms with van der Waals surface area (Å²) in [4.78, 5) is 11.8. The molecule has 0 saturated heterocycles. The number of fused-ring (bicyclic) bond motifs is 2. The average molecular weight is 380 g/mol. The van der Waals surface area contributed by atoms with Crippen molar-refractivity contribution < 1.29 is 9.53 Å². The number of hydrogen-bond acceptors (Lipinski definition) is 2. The van der Waals surface area contributed by atoms with Gasteiger partial charge in [-0.05, 0) is 65.6 Å². The van der Waals surface area contributed by atoms with Gasteiger partial charge in [-0.2, -0.15) is 0 Å². The molecule has 0 radical (unpaired) electrons. The summed E-state index contributed by atoms with van der Waals surface area (Å²) in [7, 11) is 1.42. The van der Waals surface area contributed by atoms with Gasteiger partial charge >= 0.3 is 5.97 Å². The molecule has 144 valence electrons. The SMILES string of the molecule is COC(=O)c1ccc(CC2(C3=Cc4ccccc4C3)Cc3ccccc3C2)cc1. The Bertz CT molecular complexity index is 1080. The minimum Gasteiger partial charge on any atom is -0.465 e. The van der Waals surface area contributed by atoms with E-state index in [9.17, 15) is 4.79 Å². The summed E-state index contributed by atoms with van der Waals surface area (Å²) in [5, 5.41) is 0. The molecule has 0 heterocycles. The number of benzene rings is 3. The predicted molar refractivity (Wildman–Crippen MR) is 116 cm³/mol. The number of ether oxygens (including phenoxy) is 1. The van der Waals surface area contributed by atoms with Crippen LogP contribution in [0.15, 0.2) is 78.4 Å². The van der Waals surface area contributed by atoms with Gasteiger partial charge in [0.15, 0.2) is 0 Å². The van der Waals surface area contributed by atoms with Gasteiger partial charge in [-0.1, -0.05) is 72.3 Å². The predicted octanol–water partition coefficient (Wildman–Crippen LogP) is 5.44. The molecular weight excluding hydrogens is 356 g/mol. The highest BCUT2D eigenvalue weighted by Crippen LogP contribution is 2.48. The second kappa shape index (κ2) is 7.04. The Morgan fingerprint density at radius 2 is 1.48 bits per heavy atom. The Morgan fingerprint density at radius 1 is 0.862 bits per heavy atom. The van der Waals surface area contributed by atoms with Crippen LogP contribution >= 0.6 is 0 Å². The molecule has 2 aliphatic carbocycles. The number of allylic oxidation sites excluding steroid dienone is 1. The van der Waals surface area contributed by atoms with Gasteiger partial charge in [0.25, 0.3) is 0 Å². The number of carbonyl (C=O) groups is 1. The number of methoxy groups -OCH3 is 1. The molecule has 0 unspecified atom stereocenters. The van der Waals surface area contributed by atoms with E-state index in [1.54, 1.807) is 0 Å². The molecule has 2 heteroatoms. The molecule has 0 bridgehead atoms. The molecule has 5 rings (SSSR count). The van der Waals surface area contributed by atoms with Gasteiger partial charge in [0.2, 0.25) is 0 Å². The number of rotatable bonds is 4. The Morgan fingerprint density at radius 3 is 2.10 bits per heavy atom. The van der Waals surface area contributed by atoms with Crippen LogP contribution in [0.2, 0.25) is 0 Å². The molecule has 0 amide bonds. The van der Waals surface area contributed by atoms with Gasteiger partial charge in [-0.25, -0.2) is 4.79 Å². The van der Waals surface area contributed by atoms with Crippen LogP contribution in [0.25, 0.3) is 6.08 Å². The van der Waals surface area contributed by atoms with Crippen molar-refractivity contribution in [2.75, 3.05) is 7.11 Å². The summed E-state index contributed by atoms with van der Waals surface area (Å²) < 4.78 is 4.84. The Hall–Kier alpha value is -3.13. The van der Waals surface area contributed by atoms with E-state index in [1.807, 2.05) is 12.1 Å². The normalized spacial score (nSPS) is 16.1. The fraction of sp³-hybridized carbons (Fsp3) is 0.222. The average Bonchev–Trinajstić information content (AvgIpc) is 3.36. The summed E-state index contributed by atoms with van der Waals surface area (Å²) in [5.41, 5.74) is 9.22. The highest BCUT2D eigenvalue weighted by Gasteiger charge is 2.41. The van der Waals surface area contributed by atoms with Crippen LogP contribution in [-0.2, 0) is 30.4 Å². The third kappa shape index (κ3) is 3.19. The maximum Gasteiger partial charge on any atom is 0.337 e. The molecule has 3 aromatic rings. The molecule has 29 heavy (non-hydrogen) atoms. The Kier molecular flexibility index (Phi) is 4.35. The van der Waals surface area contributed by atoms with E-state index in [1.165, 1.54) is 40.5 Å². The molecule has 2 aliphatic rings. The largest absolute Gasteiger partial charge is 0.465 e. The highest BCUT2D eigenvalue weighted by molar-refractivity contribution is 5.89. The van der Waals surface area contributed by atoms with Crippen molar-refractivity contribution in [3.05, 3.63) is 112 Å². The number of hydrogen-bond donors (Lipinski definition) is 0. The van der Waals surface area contributed by atoms with E-state index in [4.69, 9.17) is 4.74 Å². The zero-order valence-corrected chi connectivity index (χ0v) is 16.7. The van der Waals surface area contributed by atoms with Crippen molar-refractivity contribution in [1.29, 1.82) is 0 Å². The molecule has 0 N–H and O–H groups in total. The van der Waals surface area contributed by atoms with E-state index in [0.29, 0.717) is 5.56 Å². The monoisotopic (exact) mass is 380 g/mol. The fourth-order valence-electron chi connectivity index (χ4n) is 5.05. The lowest BCUT2D eigenvalue weighted by Gasteiger charge is -2.31. The lowest BCUT2D eigenvalue weighted by Crippen LogP contribution is -2.27. The second-order valence-corrected chi connectivity index (χ2v) is 8.31. The Balaban J connectivity index is 1.50. The van der Waals surface area contributed by atoms with Crippen LogP contribution in [-0.4, -0.2) is 13.1 Å². The van der Waals surface area contributed by atoms with E-state index < -0.39 is 0 Å². The minimum atomic E-state index is -0.284. The van der Waals surface area contributed by atoms with E-state index in [0.717, 1.165) is 25.7 Å². The first kappa shape index (κ1) is 17.9. The summed E-state index contributed by atoms with van der Waals surface area (Å²) in [6, 6.07) is 25.5. The minimum absolute atomic E-state index is 0.0927. The third-order valence-electron chi connectivity index (χ3n) is 6.54. The van der Waals surface area contributed by atoms with Crippen molar-refractivity contribution in [3.63, 3.8) is 0 Å². The van der Waals surface area contributed by atoms with Gasteiger partial charge in [-0.15, -0.1) is 0 Å². The van der Waals surface area contributed by atoms with E-state index >= 15 is 0 Å². The molecule has 0 fully saturated rings. The van der Waals surface area contributed by atoms with Gasteiger partial charge in [0.1, 0.15) is 0 Å².